The number of hydrogen-bond acceptors (Lipinski definition) is 5. The van der Waals surface area contributed by atoms with Gasteiger partial charge in [-0.05, 0) is 38.0 Å². The van der Waals surface area contributed by atoms with E-state index in [0.717, 1.165) is 22.5 Å². The molecule has 7 heteroatoms. The van der Waals surface area contributed by atoms with Gasteiger partial charge in [-0.3, -0.25) is 4.79 Å². The lowest BCUT2D eigenvalue weighted by atomic mass is 10.1. The van der Waals surface area contributed by atoms with Crippen LogP contribution in [0.3, 0.4) is 0 Å². The van der Waals surface area contributed by atoms with Crippen LogP contribution in [0.2, 0.25) is 0 Å². The Hall–Kier alpha value is -2.96. The van der Waals surface area contributed by atoms with Gasteiger partial charge in [0.25, 0.3) is 5.91 Å². The van der Waals surface area contributed by atoms with Crippen molar-refractivity contribution < 1.29 is 9.32 Å². The molecule has 0 aliphatic rings. The minimum Gasteiger partial charge on any atom is -0.340 e. The Morgan fingerprint density at radius 2 is 2.00 bits per heavy atom. The molecular formula is C18H21N5O2. The Labute approximate surface area is 146 Å². The summed E-state index contributed by atoms with van der Waals surface area (Å²) in [6.45, 7) is 7.96. The van der Waals surface area contributed by atoms with Crippen molar-refractivity contribution in [1.29, 1.82) is 0 Å². The van der Waals surface area contributed by atoms with Crippen molar-refractivity contribution in [2.45, 2.75) is 34.2 Å². The zero-order valence-corrected chi connectivity index (χ0v) is 15.1. The Morgan fingerprint density at radius 3 is 2.68 bits per heavy atom. The van der Waals surface area contributed by atoms with Gasteiger partial charge in [0, 0.05) is 14.0 Å². The summed E-state index contributed by atoms with van der Waals surface area (Å²) in [7, 11) is 1.71. The predicted molar refractivity (Wildman–Crippen MR) is 92.6 cm³/mol. The van der Waals surface area contributed by atoms with E-state index in [1.165, 1.54) is 0 Å². The highest BCUT2D eigenvalue weighted by Crippen LogP contribution is 2.20. The number of carbonyl (C=O) groups is 1. The first-order valence-electron chi connectivity index (χ1n) is 8.03. The second kappa shape index (κ2) is 6.51. The van der Waals surface area contributed by atoms with Gasteiger partial charge in [0.15, 0.2) is 5.82 Å². The smallest absolute Gasteiger partial charge is 0.257 e. The normalized spacial score (nSPS) is 10.9. The van der Waals surface area contributed by atoms with Crippen LogP contribution in [-0.2, 0) is 6.54 Å². The second-order valence-electron chi connectivity index (χ2n) is 6.24. The Kier molecular flexibility index (Phi) is 4.39. The SMILES string of the molecule is Cc1ccc(C)c(-n2ncc(C(=O)N(C)Cc3noc(C)n3)c2C)c1. The maximum Gasteiger partial charge on any atom is 0.257 e. The van der Waals surface area contributed by atoms with Crippen molar-refractivity contribution in [2.75, 3.05) is 7.05 Å². The molecular weight excluding hydrogens is 318 g/mol. The molecule has 0 aliphatic carbocycles. The largest absolute Gasteiger partial charge is 0.340 e. The van der Waals surface area contributed by atoms with Crippen LogP contribution in [-0.4, -0.2) is 37.8 Å². The van der Waals surface area contributed by atoms with E-state index < -0.39 is 0 Å². The number of amides is 1. The molecule has 0 fully saturated rings. The molecule has 2 aromatic heterocycles. The summed E-state index contributed by atoms with van der Waals surface area (Å²) >= 11 is 0. The summed E-state index contributed by atoms with van der Waals surface area (Å²) in [4.78, 5) is 18.4. The maximum atomic E-state index is 12.8. The van der Waals surface area contributed by atoms with Crippen molar-refractivity contribution in [3.8, 4) is 5.69 Å². The summed E-state index contributed by atoms with van der Waals surface area (Å²) in [6.07, 6.45) is 1.61. The number of benzene rings is 1. The van der Waals surface area contributed by atoms with Gasteiger partial charge >= 0.3 is 0 Å². The van der Waals surface area contributed by atoms with Gasteiger partial charge in [-0.25, -0.2) is 4.68 Å². The molecule has 3 aromatic rings. The van der Waals surface area contributed by atoms with Gasteiger partial charge in [-0.15, -0.1) is 0 Å². The predicted octanol–water partition coefficient (Wildman–Crippen LogP) is 2.76. The van der Waals surface area contributed by atoms with Crippen LogP contribution in [0.15, 0.2) is 28.9 Å². The topological polar surface area (TPSA) is 77.0 Å². The quantitative estimate of drug-likeness (QED) is 0.730. The molecule has 2 heterocycles. The van der Waals surface area contributed by atoms with Crippen molar-refractivity contribution in [3.63, 3.8) is 0 Å². The van der Waals surface area contributed by atoms with E-state index in [2.05, 4.69) is 33.4 Å². The summed E-state index contributed by atoms with van der Waals surface area (Å²) < 4.78 is 6.75. The second-order valence-corrected chi connectivity index (χ2v) is 6.24. The lowest BCUT2D eigenvalue weighted by Crippen LogP contribution is -2.27. The minimum atomic E-state index is -0.128. The highest BCUT2D eigenvalue weighted by Gasteiger charge is 2.20. The molecule has 3 rings (SSSR count). The third kappa shape index (κ3) is 3.31. The molecule has 0 atom stereocenters. The van der Waals surface area contributed by atoms with Crippen molar-refractivity contribution >= 4 is 5.91 Å². The van der Waals surface area contributed by atoms with Crippen molar-refractivity contribution in [1.82, 2.24) is 24.8 Å². The molecule has 0 radical (unpaired) electrons. The lowest BCUT2D eigenvalue weighted by Gasteiger charge is -2.15. The molecule has 0 saturated carbocycles. The molecule has 130 valence electrons. The van der Waals surface area contributed by atoms with Crippen LogP contribution < -0.4 is 0 Å². The lowest BCUT2D eigenvalue weighted by molar-refractivity contribution is 0.0780. The van der Waals surface area contributed by atoms with E-state index in [9.17, 15) is 4.79 Å². The zero-order valence-electron chi connectivity index (χ0n) is 15.1. The number of carbonyl (C=O) groups excluding carboxylic acids is 1. The molecule has 7 nitrogen and oxygen atoms in total. The first-order chi connectivity index (χ1) is 11.9. The fourth-order valence-corrected chi connectivity index (χ4v) is 2.71. The maximum absolute atomic E-state index is 12.8. The highest BCUT2D eigenvalue weighted by molar-refractivity contribution is 5.95. The van der Waals surface area contributed by atoms with E-state index in [0.29, 0.717) is 17.3 Å². The van der Waals surface area contributed by atoms with Crippen LogP contribution in [0.1, 0.15) is 38.9 Å². The first-order valence-corrected chi connectivity index (χ1v) is 8.03. The molecule has 0 unspecified atom stereocenters. The number of nitrogens with zero attached hydrogens (tertiary/aromatic N) is 5. The Bertz CT molecular complexity index is 925. The average molecular weight is 339 g/mol. The van der Waals surface area contributed by atoms with E-state index in [-0.39, 0.29) is 12.5 Å². The van der Waals surface area contributed by atoms with Crippen LogP contribution in [0.5, 0.6) is 0 Å². The third-order valence-electron chi connectivity index (χ3n) is 4.13. The van der Waals surface area contributed by atoms with Gasteiger partial charge in [0.05, 0.1) is 29.7 Å². The minimum absolute atomic E-state index is 0.128. The van der Waals surface area contributed by atoms with Crippen molar-refractivity contribution in [3.05, 3.63) is 58.5 Å². The molecule has 0 N–H and O–H groups in total. The van der Waals surface area contributed by atoms with Crippen LogP contribution >= 0.6 is 0 Å². The van der Waals surface area contributed by atoms with Crippen molar-refractivity contribution in [2.24, 2.45) is 0 Å². The number of rotatable bonds is 4. The molecule has 0 bridgehead atoms. The van der Waals surface area contributed by atoms with Crippen LogP contribution in [0, 0.1) is 27.7 Å². The molecule has 1 aromatic carbocycles. The van der Waals surface area contributed by atoms with Gasteiger partial charge in [-0.1, -0.05) is 17.3 Å². The van der Waals surface area contributed by atoms with E-state index in [1.807, 2.05) is 25.5 Å². The monoisotopic (exact) mass is 339 g/mol. The van der Waals surface area contributed by atoms with Crippen LogP contribution in [0.4, 0.5) is 0 Å². The third-order valence-corrected chi connectivity index (χ3v) is 4.13. The fourth-order valence-electron chi connectivity index (χ4n) is 2.71. The Balaban J connectivity index is 1.87. The average Bonchev–Trinajstić information content (AvgIpc) is 3.15. The van der Waals surface area contributed by atoms with Gasteiger partial charge in [-0.2, -0.15) is 10.1 Å². The number of hydrogen-bond donors (Lipinski definition) is 0. The van der Waals surface area contributed by atoms with Crippen LogP contribution in [0.25, 0.3) is 5.69 Å². The molecule has 25 heavy (non-hydrogen) atoms. The summed E-state index contributed by atoms with van der Waals surface area (Å²) in [5.74, 6) is 0.833. The molecule has 0 spiro atoms. The van der Waals surface area contributed by atoms with Gasteiger partial charge in [0.2, 0.25) is 5.89 Å². The fraction of sp³-hybridized carbons (Fsp3) is 0.333. The van der Waals surface area contributed by atoms with Gasteiger partial charge in [0.1, 0.15) is 0 Å². The standard InChI is InChI=1S/C18H21N5O2/c1-11-6-7-12(2)16(8-11)23-13(3)15(9-19-23)18(24)22(5)10-17-20-14(4)25-21-17/h6-9H,10H2,1-5H3. The van der Waals surface area contributed by atoms with E-state index in [1.54, 1.807) is 25.1 Å². The summed E-state index contributed by atoms with van der Waals surface area (Å²) in [5, 5.41) is 8.25. The number of aryl methyl sites for hydroxylation is 3. The molecule has 1 amide bonds. The highest BCUT2D eigenvalue weighted by atomic mass is 16.5. The number of aromatic nitrogens is 4. The van der Waals surface area contributed by atoms with E-state index in [4.69, 9.17) is 4.52 Å². The first kappa shape index (κ1) is 16.9. The Morgan fingerprint density at radius 1 is 1.24 bits per heavy atom. The molecule has 0 aliphatic heterocycles. The summed E-state index contributed by atoms with van der Waals surface area (Å²) in [5.41, 5.74) is 4.59. The summed E-state index contributed by atoms with van der Waals surface area (Å²) in [6, 6.07) is 6.18. The van der Waals surface area contributed by atoms with E-state index >= 15 is 0 Å². The molecule has 0 saturated heterocycles. The van der Waals surface area contributed by atoms with Gasteiger partial charge < -0.3 is 9.42 Å². The zero-order chi connectivity index (χ0) is 18.1.